The number of nitrogens with two attached hydrogens (primary N) is 1. The molecule has 1 saturated carbocycles. The molecule has 1 amide bonds. The Bertz CT molecular complexity index is 973. The third-order valence-corrected chi connectivity index (χ3v) is 5.71. The van der Waals surface area contributed by atoms with Crippen LogP contribution < -0.4 is 11.1 Å². The molecule has 27 heavy (non-hydrogen) atoms. The summed E-state index contributed by atoms with van der Waals surface area (Å²) in [6.07, 6.45) is 5.56. The molecule has 1 aliphatic carbocycles. The minimum absolute atomic E-state index is 0.0962. The van der Waals surface area contributed by atoms with Gasteiger partial charge in [0.1, 0.15) is 6.26 Å². The minimum atomic E-state index is -1.04. The predicted octanol–water partition coefficient (Wildman–Crippen LogP) is 1.01. The molecule has 3 atom stereocenters. The lowest BCUT2D eigenvalue weighted by Gasteiger charge is -2.12. The van der Waals surface area contributed by atoms with E-state index in [4.69, 9.17) is 5.73 Å². The van der Waals surface area contributed by atoms with E-state index >= 15 is 0 Å². The van der Waals surface area contributed by atoms with Gasteiger partial charge < -0.3 is 15.6 Å². The number of carbonyl (C=O) groups is 1. The first kappa shape index (κ1) is 17.7. The van der Waals surface area contributed by atoms with Crippen LogP contribution in [-0.4, -0.2) is 47.7 Å². The number of anilines is 1. The van der Waals surface area contributed by atoms with Gasteiger partial charge in [-0.2, -0.15) is 9.67 Å². The Labute approximate surface area is 158 Å². The highest BCUT2D eigenvalue weighted by atomic mass is 32.2. The Morgan fingerprint density at radius 2 is 2.11 bits per heavy atom. The van der Waals surface area contributed by atoms with Gasteiger partial charge in [-0.1, -0.05) is 5.21 Å². The molecule has 9 nitrogen and oxygen atoms in total. The van der Waals surface area contributed by atoms with Gasteiger partial charge >= 0.3 is 0 Å². The van der Waals surface area contributed by atoms with Gasteiger partial charge in [-0.05, 0) is 54.7 Å². The van der Waals surface area contributed by atoms with Gasteiger partial charge in [-0.15, -0.1) is 5.10 Å². The summed E-state index contributed by atoms with van der Waals surface area (Å²) in [6.45, 7) is 0. The molecule has 1 aliphatic rings. The maximum absolute atomic E-state index is 11.5. The molecule has 0 aliphatic heterocycles. The smallest absolute Gasteiger partial charge is 0.225 e. The molecule has 4 rings (SSSR count). The van der Waals surface area contributed by atoms with E-state index in [2.05, 4.69) is 25.6 Å². The van der Waals surface area contributed by atoms with E-state index in [1.165, 1.54) is 0 Å². The summed E-state index contributed by atoms with van der Waals surface area (Å²) < 4.78 is 13.2. The zero-order valence-corrected chi connectivity index (χ0v) is 15.5. The monoisotopic (exact) mass is 385 g/mol. The van der Waals surface area contributed by atoms with Crippen molar-refractivity contribution in [1.29, 1.82) is 0 Å². The fraction of sp³-hybridized carbons (Fsp3) is 0.353. The molecule has 140 valence electrons. The second kappa shape index (κ2) is 7.12. The van der Waals surface area contributed by atoms with Crippen LogP contribution in [0.25, 0.3) is 16.9 Å². The molecule has 1 unspecified atom stereocenters. The number of hydrogen-bond acceptors (Lipinski definition) is 7. The van der Waals surface area contributed by atoms with Crippen molar-refractivity contribution in [3.63, 3.8) is 0 Å². The number of nitrogens with zero attached hydrogens (tertiary/aromatic N) is 5. The summed E-state index contributed by atoms with van der Waals surface area (Å²) in [5.74, 6) is 0.114. The van der Waals surface area contributed by atoms with E-state index < -0.39 is 11.2 Å². The highest BCUT2D eigenvalue weighted by Gasteiger charge is 2.28. The maximum Gasteiger partial charge on any atom is 0.225 e. The highest BCUT2D eigenvalue weighted by Crippen LogP contribution is 2.27. The van der Waals surface area contributed by atoms with Gasteiger partial charge in [0.2, 0.25) is 11.9 Å². The first-order valence-electron chi connectivity index (χ1n) is 8.59. The number of primary amides is 1. The van der Waals surface area contributed by atoms with Crippen molar-refractivity contribution in [2.45, 2.75) is 30.2 Å². The number of benzene rings is 1. The lowest BCUT2D eigenvalue weighted by atomic mass is 10.1. The summed E-state index contributed by atoms with van der Waals surface area (Å²) in [7, 11) is 0. The first-order valence-corrected chi connectivity index (χ1v) is 10.2. The zero-order valence-electron chi connectivity index (χ0n) is 14.7. The Morgan fingerprint density at radius 1 is 1.33 bits per heavy atom. The second-order valence-corrected chi connectivity index (χ2v) is 7.98. The lowest BCUT2D eigenvalue weighted by Crippen LogP contribution is -2.23. The van der Waals surface area contributed by atoms with E-state index in [-0.39, 0.29) is 17.9 Å². The molecule has 1 fully saturated rings. The SMILES string of the molecule is C[S+]([O-])c1ccc(-n2nnc3cnc(N[C@@H]4CC[C@@H](C(N)=O)C4)nc32)cc1. The van der Waals surface area contributed by atoms with Crippen molar-refractivity contribution in [2.24, 2.45) is 11.7 Å². The molecule has 1 aromatic carbocycles. The van der Waals surface area contributed by atoms with Crippen molar-refractivity contribution in [2.75, 3.05) is 11.6 Å². The third kappa shape index (κ3) is 3.58. The summed E-state index contributed by atoms with van der Waals surface area (Å²) in [4.78, 5) is 20.9. The highest BCUT2D eigenvalue weighted by molar-refractivity contribution is 7.90. The van der Waals surface area contributed by atoms with Gasteiger partial charge in [-0.25, -0.2) is 4.98 Å². The summed E-state index contributed by atoms with van der Waals surface area (Å²) in [5, 5.41) is 11.5. The quantitative estimate of drug-likeness (QED) is 0.626. The molecule has 0 spiro atoms. The number of amides is 1. The van der Waals surface area contributed by atoms with Gasteiger partial charge in [0.15, 0.2) is 16.1 Å². The number of rotatable bonds is 5. The Morgan fingerprint density at radius 3 is 2.78 bits per heavy atom. The molecule has 3 aromatic rings. The molecule has 0 saturated heterocycles. The predicted molar refractivity (Wildman–Crippen MR) is 101 cm³/mol. The van der Waals surface area contributed by atoms with Gasteiger partial charge in [0.05, 0.1) is 11.9 Å². The topological polar surface area (TPSA) is 135 Å². The van der Waals surface area contributed by atoms with Crippen LogP contribution in [0.1, 0.15) is 19.3 Å². The number of hydrogen-bond donors (Lipinski definition) is 2. The molecular weight excluding hydrogens is 366 g/mol. The van der Waals surface area contributed by atoms with Crippen LogP contribution in [0.2, 0.25) is 0 Å². The molecule has 0 bridgehead atoms. The largest absolute Gasteiger partial charge is 0.612 e. The average molecular weight is 385 g/mol. The number of aromatic nitrogens is 5. The third-order valence-electron chi connectivity index (χ3n) is 4.77. The number of nitrogens with one attached hydrogen (secondary N) is 1. The summed E-state index contributed by atoms with van der Waals surface area (Å²) in [5.41, 5.74) is 7.31. The number of fused-ring (bicyclic) bond motifs is 1. The van der Waals surface area contributed by atoms with E-state index in [1.54, 1.807) is 29.3 Å². The first-order chi connectivity index (χ1) is 13.0. The minimum Gasteiger partial charge on any atom is -0.612 e. The van der Waals surface area contributed by atoms with Crippen LogP contribution in [0.5, 0.6) is 0 Å². The van der Waals surface area contributed by atoms with E-state index in [0.717, 1.165) is 23.4 Å². The van der Waals surface area contributed by atoms with Crippen LogP contribution in [0.15, 0.2) is 35.4 Å². The van der Waals surface area contributed by atoms with Crippen molar-refractivity contribution in [3.8, 4) is 5.69 Å². The Hall–Kier alpha value is -2.72. The van der Waals surface area contributed by atoms with E-state index in [0.29, 0.717) is 23.5 Å². The van der Waals surface area contributed by atoms with Crippen LogP contribution in [0.3, 0.4) is 0 Å². The summed E-state index contributed by atoms with van der Waals surface area (Å²) >= 11 is -1.04. The molecule has 10 heteroatoms. The summed E-state index contributed by atoms with van der Waals surface area (Å²) in [6, 6.07) is 7.36. The maximum atomic E-state index is 11.5. The normalized spacial score (nSPS) is 20.7. The Kier molecular flexibility index (Phi) is 4.66. The van der Waals surface area contributed by atoms with Crippen LogP contribution in [-0.2, 0) is 16.0 Å². The zero-order chi connectivity index (χ0) is 19.0. The van der Waals surface area contributed by atoms with Crippen LogP contribution in [0, 0.1) is 5.92 Å². The van der Waals surface area contributed by atoms with E-state index in [9.17, 15) is 9.35 Å². The standard InChI is InChI=1S/C17H19N7O2S/c1-27(26)13-6-4-12(5-7-13)24-16-14(22-23-24)9-19-17(21-16)20-11-3-2-10(8-11)15(18)25/h4-7,9-11H,2-3,8H2,1H3,(H2,18,25)(H,19,20,21)/t10-,11-,27?/m1/s1. The van der Waals surface area contributed by atoms with Crippen LogP contribution >= 0.6 is 0 Å². The van der Waals surface area contributed by atoms with Crippen LogP contribution in [0.4, 0.5) is 5.95 Å². The van der Waals surface area contributed by atoms with Crippen molar-refractivity contribution in [3.05, 3.63) is 30.5 Å². The molecule has 0 radical (unpaired) electrons. The fourth-order valence-electron chi connectivity index (χ4n) is 3.30. The number of carbonyl (C=O) groups excluding carboxylic acids is 1. The second-order valence-electron chi connectivity index (χ2n) is 6.61. The molecule has 2 aromatic heterocycles. The van der Waals surface area contributed by atoms with Crippen molar-refractivity contribution in [1.82, 2.24) is 25.0 Å². The van der Waals surface area contributed by atoms with E-state index in [1.807, 2.05) is 12.1 Å². The van der Waals surface area contributed by atoms with Crippen molar-refractivity contribution >= 4 is 34.2 Å². The van der Waals surface area contributed by atoms with Gasteiger partial charge in [-0.3, -0.25) is 4.79 Å². The fourth-order valence-corrected chi connectivity index (χ4v) is 3.82. The average Bonchev–Trinajstić information content (AvgIpc) is 3.28. The van der Waals surface area contributed by atoms with Gasteiger partial charge in [0.25, 0.3) is 0 Å². The van der Waals surface area contributed by atoms with Crippen molar-refractivity contribution < 1.29 is 9.35 Å². The Balaban J connectivity index is 1.59. The molecule has 3 N–H and O–H groups in total. The molecule has 2 heterocycles. The molecular formula is C17H19N7O2S. The lowest BCUT2D eigenvalue weighted by molar-refractivity contribution is -0.121. The van der Waals surface area contributed by atoms with Gasteiger partial charge in [0, 0.05) is 12.0 Å².